The van der Waals surface area contributed by atoms with E-state index in [4.69, 9.17) is 0 Å². The number of halogens is 1. The summed E-state index contributed by atoms with van der Waals surface area (Å²) in [5.41, 5.74) is 0.900. The highest BCUT2D eigenvalue weighted by atomic mass is 79.9. The molecule has 5 heteroatoms. The van der Waals surface area contributed by atoms with E-state index in [1.807, 2.05) is 24.3 Å². The first-order chi connectivity index (χ1) is 8.54. The monoisotopic (exact) mass is 311 g/mol. The second kappa shape index (κ2) is 6.96. The molecule has 0 aliphatic carbocycles. The third-order valence-electron chi connectivity index (χ3n) is 2.28. The number of ether oxygens (including phenoxy) is 1. The third-order valence-corrected chi connectivity index (χ3v) is 3.00. The van der Waals surface area contributed by atoms with Gasteiger partial charge < -0.3 is 9.64 Å². The van der Waals surface area contributed by atoms with Crippen molar-refractivity contribution in [1.82, 2.24) is 4.90 Å². The van der Waals surface area contributed by atoms with Gasteiger partial charge in [0.1, 0.15) is 6.54 Å². The van der Waals surface area contributed by atoms with Crippen LogP contribution in [0.1, 0.15) is 5.56 Å². The number of nitrogens with zero attached hydrogens (tertiary/aromatic N) is 1. The van der Waals surface area contributed by atoms with Gasteiger partial charge in [0.05, 0.1) is 7.11 Å². The lowest BCUT2D eigenvalue weighted by atomic mass is 10.2. The van der Waals surface area contributed by atoms with Crippen molar-refractivity contribution in [3.8, 4) is 0 Å². The summed E-state index contributed by atoms with van der Waals surface area (Å²) in [6.07, 6.45) is 3.11. The Morgan fingerprint density at radius 3 is 2.67 bits per heavy atom. The van der Waals surface area contributed by atoms with Crippen molar-refractivity contribution in [1.29, 1.82) is 0 Å². The molecular weight excluding hydrogens is 298 g/mol. The number of hydrogen-bond acceptors (Lipinski definition) is 3. The Morgan fingerprint density at radius 1 is 1.39 bits per heavy atom. The van der Waals surface area contributed by atoms with Crippen molar-refractivity contribution in [2.24, 2.45) is 0 Å². The number of esters is 1. The fourth-order valence-electron chi connectivity index (χ4n) is 1.23. The van der Waals surface area contributed by atoms with Gasteiger partial charge >= 0.3 is 5.97 Å². The Labute approximate surface area is 114 Å². The van der Waals surface area contributed by atoms with E-state index < -0.39 is 5.97 Å². The molecule has 0 unspecified atom stereocenters. The number of carbonyl (C=O) groups is 2. The molecule has 4 nitrogen and oxygen atoms in total. The van der Waals surface area contributed by atoms with E-state index in [2.05, 4.69) is 20.7 Å². The molecule has 1 aromatic rings. The highest BCUT2D eigenvalue weighted by Gasteiger charge is 2.10. The molecule has 0 aliphatic rings. The van der Waals surface area contributed by atoms with E-state index in [0.717, 1.165) is 10.0 Å². The van der Waals surface area contributed by atoms with Gasteiger partial charge in [-0.2, -0.15) is 0 Å². The van der Waals surface area contributed by atoms with Gasteiger partial charge in [-0.1, -0.05) is 34.1 Å². The first-order valence-electron chi connectivity index (χ1n) is 5.29. The molecule has 0 N–H and O–H groups in total. The van der Waals surface area contributed by atoms with Gasteiger partial charge in [0.2, 0.25) is 5.91 Å². The van der Waals surface area contributed by atoms with Crippen LogP contribution in [0.25, 0.3) is 6.08 Å². The SMILES string of the molecule is COC(=O)CN(C)C(=O)C=Cc1ccccc1Br. The molecule has 0 radical (unpaired) electrons. The summed E-state index contributed by atoms with van der Waals surface area (Å²) < 4.78 is 5.40. The summed E-state index contributed by atoms with van der Waals surface area (Å²) >= 11 is 3.38. The van der Waals surface area contributed by atoms with E-state index in [0.29, 0.717) is 0 Å². The van der Waals surface area contributed by atoms with E-state index in [1.54, 1.807) is 13.1 Å². The molecule has 0 fully saturated rings. The Morgan fingerprint density at radius 2 is 2.06 bits per heavy atom. The lowest BCUT2D eigenvalue weighted by Gasteiger charge is -2.12. The zero-order valence-electron chi connectivity index (χ0n) is 10.2. The van der Waals surface area contributed by atoms with Gasteiger partial charge in [-0.25, -0.2) is 0 Å². The third kappa shape index (κ3) is 4.33. The van der Waals surface area contributed by atoms with Crippen molar-refractivity contribution >= 4 is 33.9 Å². The minimum Gasteiger partial charge on any atom is -0.468 e. The maximum Gasteiger partial charge on any atom is 0.325 e. The van der Waals surface area contributed by atoms with Gasteiger partial charge in [0.25, 0.3) is 0 Å². The summed E-state index contributed by atoms with van der Waals surface area (Å²) in [7, 11) is 2.83. The number of benzene rings is 1. The van der Waals surface area contributed by atoms with Crippen molar-refractivity contribution < 1.29 is 14.3 Å². The second-order valence-corrected chi connectivity index (χ2v) is 4.48. The van der Waals surface area contributed by atoms with Crippen LogP contribution in [0.3, 0.4) is 0 Å². The van der Waals surface area contributed by atoms with Gasteiger partial charge in [-0.15, -0.1) is 0 Å². The lowest BCUT2D eigenvalue weighted by molar-refractivity contribution is -0.144. The second-order valence-electron chi connectivity index (χ2n) is 3.63. The largest absolute Gasteiger partial charge is 0.468 e. The number of hydrogen-bond donors (Lipinski definition) is 0. The van der Waals surface area contributed by atoms with Crippen LogP contribution >= 0.6 is 15.9 Å². The van der Waals surface area contributed by atoms with Crippen LogP contribution in [0.15, 0.2) is 34.8 Å². The molecule has 1 rings (SSSR count). The van der Waals surface area contributed by atoms with E-state index >= 15 is 0 Å². The number of methoxy groups -OCH3 is 1. The fourth-order valence-corrected chi connectivity index (χ4v) is 1.65. The molecule has 96 valence electrons. The predicted octanol–water partition coefficient (Wildman–Crippen LogP) is 2.09. The summed E-state index contributed by atoms with van der Waals surface area (Å²) in [6, 6.07) is 7.55. The molecule has 0 aromatic heterocycles. The van der Waals surface area contributed by atoms with Crippen LogP contribution in [0.4, 0.5) is 0 Å². The molecule has 0 heterocycles. The van der Waals surface area contributed by atoms with Crippen LogP contribution in [0.5, 0.6) is 0 Å². The van der Waals surface area contributed by atoms with E-state index in [1.165, 1.54) is 18.1 Å². The fraction of sp³-hybridized carbons (Fsp3) is 0.231. The van der Waals surface area contributed by atoms with Crippen molar-refractivity contribution in [3.05, 3.63) is 40.4 Å². The lowest BCUT2D eigenvalue weighted by Crippen LogP contribution is -2.31. The molecule has 1 amide bonds. The van der Waals surface area contributed by atoms with Gasteiger partial charge in [-0.05, 0) is 17.7 Å². The zero-order valence-corrected chi connectivity index (χ0v) is 11.8. The summed E-state index contributed by atoms with van der Waals surface area (Å²) in [6.45, 7) is -0.0599. The Balaban J connectivity index is 2.65. The van der Waals surface area contributed by atoms with Gasteiger partial charge in [0, 0.05) is 17.6 Å². The minimum atomic E-state index is -0.444. The molecule has 0 atom stereocenters. The first kappa shape index (κ1) is 14.4. The van der Waals surface area contributed by atoms with Crippen molar-refractivity contribution in [3.63, 3.8) is 0 Å². The Bertz CT molecular complexity index is 471. The van der Waals surface area contributed by atoms with E-state index in [9.17, 15) is 9.59 Å². The molecule has 0 aliphatic heterocycles. The van der Waals surface area contributed by atoms with Crippen molar-refractivity contribution in [2.75, 3.05) is 20.7 Å². The average Bonchev–Trinajstić information content (AvgIpc) is 2.37. The predicted molar refractivity (Wildman–Crippen MR) is 72.8 cm³/mol. The van der Waals surface area contributed by atoms with Crippen LogP contribution < -0.4 is 0 Å². The quantitative estimate of drug-likeness (QED) is 0.632. The molecular formula is C13H14BrNO3. The number of carbonyl (C=O) groups excluding carboxylic acids is 2. The highest BCUT2D eigenvalue weighted by molar-refractivity contribution is 9.10. The summed E-state index contributed by atoms with van der Waals surface area (Å²) in [5, 5.41) is 0. The smallest absolute Gasteiger partial charge is 0.325 e. The Hall–Kier alpha value is -1.62. The van der Waals surface area contributed by atoms with E-state index in [-0.39, 0.29) is 12.5 Å². The summed E-state index contributed by atoms with van der Waals surface area (Å²) in [4.78, 5) is 24.0. The van der Waals surface area contributed by atoms with Crippen LogP contribution in [0.2, 0.25) is 0 Å². The van der Waals surface area contributed by atoms with Crippen LogP contribution in [0, 0.1) is 0 Å². The maximum atomic E-state index is 11.7. The van der Waals surface area contributed by atoms with Crippen LogP contribution in [-0.2, 0) is 14.3 Å². The average molecular weight is 312 g/mol. The highest BCUT2D eigenvalue weighted by Crippen LogP contribution is 2.17. The molecule has 0 bridgehead atoms. The van der Waals surface area contributed by atoms with Gasteiger partial charge in [-0.3, -0.25) is 9.59 Å². The molecule has 1 aromatic carbocycles. The molecule has 18 heavy (non-hydrogen) atoms. The Kier molecular flexibility index (Phi) is 5.58. The normalized spacial score (nSPS) is 10.4. The standard InChI is InChI=1S/C13H14BrNO3/c1-15(9-13(17)18-2)12(16)8-7-10-5-3-4-6-11(10)14/h3-8H,9H2,1-2H3. The van der Waals surface area contributed by atoms with Crippen molar-refractivity contribution in [2.45, 2.75) is 0 Å². The number of likely N-dealkylation sites (N-methyl/N-ethyl adjacent to an activating group) is 1. The zero-order chi connectivity index (χ0) is 13.5. The molecule has 0 saturated carbocycles. The first-order valence-corrected chi connectivity index (χ1v) is 6.08. The topological polar surface area (TPSA) is 46.6 Å². The molecule has 0 spiro atoms. The van der Waals surface area contributed by atoms with Gasteiger partial charge in [0.15, 0.2) is 0 Å². The van der Waals surface area contributed by atoms with Crippen LogP contribution in [-0.4, -0.2) is 37.5 Å². The molecule has 0 saturated heterocycles. The minimum absolute atomic E-state index is 0.0599. The summed E-state index contributed by atoms with van der Waals surface area (Å²) in [5.74, 6) is -0.698. The number of rotatable bonds is 4. The number of amides is 1. The maximum absolute atomic E-state index is 11.7.